The van der Waals surface area contributed by atoms with Crippen molar-refractivity contribution < 1.29 is 4.79 Å². The highest BCUT2D eigenvalue weighted by Crippen LogP contribution is 2.67. The van der Waals surface area contributed by atoms with E-state index in [-0.39, 0.29) is 10.8 Å². The number of rotatable bonds is 4. The Kier molecular flexibility index (Phi) is 5.21. The van der Waals surface area contributed by atoms with E-state index in [1.165, 1.54) is 24.0 Å². The molecule has 5 aliphatic carbocycles. The number of nitrogens with two attached hydrogens (primary N) is 1. The molecule has 5 fully saturated rings. The molecule has 1 amide bonds. The maximum Gasteiger partial charge on any atom is 0.226 e. The third-order valence-electron chi connectivity index (χ3n) is 9.28. The molecule has 2 atom stereocenters. The number of carbonyl (C=O) groups is 1. The molecule has 2 unspecified atom stereocenters. The van der Waals surface area contributed by atoms with Crippen molar-refractivity contribution in [2.75, 3.05) is 0 Å². The monoisotopic (exact) mass is 440 g/mol. The molecule has 4 bridgehead atoms. The SMILES string of the molecule is NC1CCC(NC(=O)C23CC4CC(c5ccccc5)(CC(C2)C4=Cc2ccccc2)C3)CC1. The van der Waals surface area contributed by atoms with Crippen LogP contribution in [0.2, 0.25) is 0 Å². The molecule has 0 saturated heterocycles. The maximum atomic E-state index is 13.9. The summed E-state index contributed by atoms with van der Waals surface area (Å²) in [4.78, 5) is 13.9. The van der Waals surface area contributed by atoms with Gasteiger partial charge in [0, 0.05) is 12.1 Å². The summed E-state index contributed by atoms with van der Waals surface area (Å²) in [5, 5.41) is 3.52. The van der Waals surface area contributed by atoms with Gasteiger partial charge in [-0.15, -0.1) is 0 Å². The van der Waals surface area contributed by atoms with Crippen LogP contribution in [0.3, 0.4) is 0 Å². The minimum atomic E-state index is -0.227. The Labute approximate surface area is 197 Å². The predicted octanol–water partition coefficient (Wildman–Crippen LogP) is 5.60. The lowest BCUT2D eigenvalue weighted by atomic mass is 9.41. The first-order chi connectivity index (χ1) is 16.1. The Morgan fingerprint density at radius 3 is 2.09 bits per heavy atom. The van der Waals surface area contributed by atoms with E-state index in [0.717, 1.165) is 44.9 Å². The van der Waals surface area contributed by atoms with E-state index in [1.54, 1.807) is 5.57 Å². The lowest BCUT2D eigenvalue weighted by Gasteiger charge is -2.62. The molecule has 3 heteroatoms. The summed E-state index contributed by atoms with van der Waals surface area (Å²) in [5.74, 6) is 1.32. The van der Waals surface area contributed by atoms with Crippen LogP contribution in [0.4, 0.5) is 0 Å². The first-order valence-electron chi connectivity index (χ1n) is 12.9. The van der Waals surface area contributed by atoms with Gasteiger partial charge >= 0.3 is 0 Å². The van der Waals surface area contributed by atoms with Gasteiger partial charge in [-0.05, 0) is 86.2 Å². The van der Waals surface area contributed by atoms with Gasteiger partial charge in [-0.25, -0.2) is 0 Å². The summed E-state index contributed by atoms with van der Waals surface area (Å²) >= 11 is 0. The fourth-order valence-electron chi connectivity index (χ4n) is 7.91. The van der Waals surface area contributed by atoms with Crippen molar-refractivity contribution in [3.05, 3.63) is 77.4 Å². The molecule has 3 N–H and O–H groups in total. The molecule has 0 spiro atoms. The molecule has 5 aliphatic rings. The number of amides is 1. The Bertz CT molecular complexity index is 1020. The Hall–Kier alpha value is -2.39. The van der Waals surface area contributed by atoms with Gasteiger partial charge in [0.05, 0.1) is 5.41 Å². The molecule has 5 saturated carbocycles. The maximum absolute atomic E-state index is 13.9. The number of hydrogen-bond donors (Lipinski definition) is 2. The van der Waals surface area contributed by atoms with Crippen molar-refractivity contribution in [3.8, 4) is 0 Å². The number of nitrogens with one attached hydrogen (secondary N) is 1. The Morgan fingerprint density at radius 2 is 1.45 bits per heavy atom. The van der Waals surface area contributed by atoms with Crippen molar-refractivity contribution in [3.63, 3.8) is 0 Å². The fraction of sp³-hybridized carbons (Fsp3) is 0.500. The largest absolute Gasteiger partial charge is 0.353 e. The molecule has 172 valence electrons. The zero-order valence-electron chi connectivity index (χ0n) is 19.5. The van der Waals surface area contributed by atoms with Gasteiger partial charge in [0.25, 0.3) is 0 Å². The second-order valence-corrected chi connectivity index (χ2v) is 11.5. The van der Waals surface area contributed by atoms with E-state index in [0.29, 0.717) is 29.8 Å². The number of benzene rings is 2. The van der Waals surface area contributed by atoms with Crippen molar-refractivity contribution >= 4 is 12.0 Å². The quantitative estimate of drug-likeness (QED) is 0.650. The van der Waals surface area contributed by atoms with Crippen molar-refractivity contribution in [2.24, 2.45) is 23.0 Å². The van der Waals surface area contributed by atoms with Gasteiger partial charge < -0.3 is 11.1 Å². The highest BCUT2D eigenvalue weighted by Gasteiger charge is 2.62. The average Bonchev–Trinajstić information content (AvgIpc) is 2.84. The average molecular weight is 441 g/mol. The van der Waals surface area contributed by atoms with Crippen LogP contribution in [0.5, 0.6) is 0 Å². The minimum absolute atomic E-state index is 0.132. The van der Waals surface area contributed by atoms with Gasteiger partial charge in [0.15, 0.2) is 0 Å². The van der Waals surface area contributed by atoms with E-state index >= 15 is 0 Å². The Balaban J connectivity index is 1.33. The zero-order chi connectivity index (χ0) is 22.5. The first kappa shape index (κ1) is 21.2. The van der Waals surface area contributed by atoms with Crippen molar-refractivity contribution in [2.45, 2.75) is 75.3 Å². The molecule has 2 aromatic carbocycles. The van der Waals surface area contributed by atoms with E-state index in [2.05, 4.69) is 72.1 Å². The van der Waals surface area contributed by atoms with E-state index < -0.39 is 0 Å². The molecule has 0 radical (unpaired) electrons. The summed E-state index contributed by atoms with van der Waals surface area (Å²) in [6, 6.07) is 22.4. The van der Waals surface area contributed by atoms with Crippen LogP contribution >= 0.6 is 0 Å². The van der Waals surface area contributed by atoms with Gasteiger partial charge in [-0.1, -0.05) is 72.3 Å². The summed E-state index contributed by atoms with van der Waals surface area (Å²) in [7, 11) is 0. The van der Waals surface area contributed by atoms with Crippen molar-refractivity contribution in [1.82, 2.24) is 5.32 Å². The van der Waals surface area contributed by atoms with Crippen LogP contribution in [-0.2, 0) is 10.2 Å². The van der Waals surface area contributed by atoms with Crippen LogP contribution in [0.25, 0.3) is 6.08 Å². The first-order valence-corrected chi connectivity index (χ1v) is 12.9. The summed E-state index contributed by atoms with van der Waals surface area (Å²) in [5.41, 5.74) is 10.4. The molecule has 33 heavy (non-hydrogen) atoms. The van der Waals surface area contributed by atoms with Crippen LogP contribution in [0.15, 0.2) is 66.2 Å². The third-order valence-corrected chi connectivity index (χ3v) is 9.28. The van der Waals surface area contributed by atoms with E-state index in [9.17, 15) is 4.79 Å². The highest BCUT2D eigenvalue weighted by atomic mass is 16.2. The summed E-state index contributed by atoms with van der Waals surface area (Å²) in [6.45, 7) is 0. The van der Waals surface area contributed by atoms with Crippen LogP contribution in [0, 0.1) is 17.3 Å². The van der Waals surface area contributed by atoms with Gasteiger partial charge in [0.1, 0.15) is 0 Å². The molecular formula is C30H36N2O. The Morgan fingerprint density at radius 1 is 0.848 bits per heavy atom. The molecule has 2 aromatic rings. The highest BCUT2D eigenvalue weighted by molar-refractivity contribution is 5.84. The minimum Gasteiger partial charge on any atom is -0.353 e. The van der Waals surface area contributed by atoms with Gasteiger partial charge in [-0.2, -0.15) is 0 Å². The summed E-state index contributed by atoms with van der Waals surface area (Å²) < 4.78 is 0. The fourth-order valence-corrected chi connectivity index (χ4v) is 7.91. The molecular weight excluding hydrogens is 404 g/mol. The standard InChI is InChI=1S/C30H36N2O/c31-25-11-13-26(14-12-25)32-28(33)30-18-22-16-29(20-30,24-9-5-2-6-10-24)17-23(19-30)27(22)15-21-7-3-1-4-8-21/h1-10,15,22-23,25-26H,11-14,16-20,31H2,(H,32,33). The van der Waals surface area contributed by atoms with Crippen LogP contribution in [0.1, 0.15) is 68.9 Å². The molecule has 0 aromatic heterocycles. The number of carbonyl (C=O) groups excluding carboxylic acids is 1. The van der Waals surface area contributed by atoms with Gasteiger partial charge in [-0.3, -0.25) is 4.79 Å². The lowest BCUT2D eigenvalue weighted by Crippen LogP contribution is -2.60. The zero-order valence-corrected chi connectivity index (χ0v) is 19.5. The number of allylic oxidation sites excluding steroid dienone is 1. The van der Waals surface area contributed by atoms with E-state index in [1.807, 2.05) is 0 Å². The normalized spacial score (nSPS) is 37.1. The van der Waals surface area contributed by atoms with Crippen LogP contribution in [-0.4, -0.2) is 18.0 Å². The van der Waals surface area contributed by atoms with Crippen molar-refractivity contribution in [1.29, 1.82) is 0 Å². The van der Waals surface area contributed by atoms with E-state index in [4.69, 9.17) is 5.73 Å². The topological polar surface area (TPSA) is 55.1 Å². The van der Waals surface area contributed by atoms with Crippen LogP contribution < -0.4 is 11.1 Å². The summed E-state index contributed by atoms with van der Waals surface area (Å²) in [6.07, 6.45) is 11.9. The molecule has 0 aliphatic heterocycles. The smallest absolute Gasteiger partial charge is 0.226 e. The second-order valence-electron chi connectivity index (χ2n) is 11.5. The molecule has 3 nitrogen and oxygen atoms in total. The lowest BCUT2D eigenvalue weighted by molar-refractivity contribution is -0.145. The second kappa shape index (κ2) is 8.13. The predicted molar refractivity (Wildman–Crippen MR) is 133 cm³/mol. The van der Waals surface area contributed by atoms with Gasteiger partial charge in [0.2, 0.25) is 5.91 Å². The third kappa shape index (κ3) is 3.75. The molecule has 0 heterocycles. The molecule has 7 rings (SSSR count). The number of hydrogen-bond acceptors (Lipinski definition) is 2.